The zero-order chi connectivity index (χ0) is 23.1. The normalized spacial score (nSPS) is 10.9. The maximum absolute atomic E-state index is 15.3. The Kier molecular flexibility index (Phi) is 8.56. The van der Waals surface area contributed by atoms with Gasteiger partial charge in [-0.25, -0.2) is 14.6 Å². The molecule has 13 heteroatoms. The molecule has 1 aromatic heterocycles. The predicted octanol–water partition coefficient (Wildman–Crippen LogP) is 3.34. The van der Waals surface area contributed by atoms with E-state index in [0.29, 0.717) is 0 Å². The summed E-state index contributed by atoms with van der Waals surface area (Å²) >= 11 is 12.4. The lowest BCUT2D eigenvalue weighted by atomic mass is 10.0. The van der Waals surface area contributed by atoms with Crippen molar-refractivity contribution in [3.8, 4) is 29.0 Å². The number of amides is 1. The first-order valence-corrected chi connectivity index (χ1v) is 9.05. The molecule has 0 aliphatic carbocycles. The fourth-order valence-corrected chi connectivity index (χ4v) is 3.02. The average Bonchev–Trinajstić information content (AvgIpc) is 2.98. The van der Waals surface area contributed by atoms with Crippen LogP contribution >= 0.6 is 23.2 Å². The van der Waals surface area contributed by atoms with Crippen molar-refractivity contribution in [3.05, 3.63) is 33.1 Å². The number of aromatic nitrogens is 2. The van der Waals surface area contributed by atoms with Crippen molar-refractivity contribution in [1.82, 2.24) is 15.3 Å². The van der Waals surface area contributed by atoms with Gasteiger partial charge in [-0.2, -0.15) is 13.9 Å². The number of halogens is 5. The number of hydrogen-bond donors (Lipinski definition) is 1. The minimum absolute atomic E-state index is 0.0446. The number of nitrogens with zero attached hydrogens (tertiary/aromatic N) is 3. The Hall–Kier alpha value is -2.94. The van der Waals surface area contributed by atoms with Gasteiger partial charge in [-0.1, -0.05) is 34.3 Å². The Balaban J connectivity index is 2.69. The van der Waals surface area contributed by atoms with Gasteiger partial charge >= 0.3 is 12.5 Å². The summed E-state index contributed by atoms with van der Waals surface area (Å²) in [7, 11) is 3.81. The highest BCUT2D eigenvalue weighted by Crippen LogP contribution is 2.39. The van der Waals surface area contributed by atoms with Crippen LogP contribution in [-0.2, 0) is 27.9 Å². The van der Waals surface area contributed by atoms with Crippen LogP contribution in [0.4, 0.5) is 13.2 Å². The number of alkyl halides is 2. The number of oxime groups is 1. The monoisotopic (exact) mass is 478 g/mol. The standard InChI is InChI=1S/C18H15Cl2F3N4O4/c1-27-17(31-18(22)23)14(20)16(25-27)11-8-9(4-5-12(28)26-30-3)13(19)10(15(11)21)6-7-24-29-2/h7-8,18H,6H2,1-3H3,(H,26,28)/b24-7+. The van der Waals surface area contributed by atoms with Crippen LogP contribution in [0, 0.1) is 17.7 Å². The van der Waals surface area contributed by atoms with Gasteiger partial charge in [0.1, 0.15) is 23.6 Å². The minimum atomic E-state index is -3.17. The number of carbonyl (C=O) groups excluding carboxylic acids is 1. The van der Waals surface area contributed by atoms with Crippen LogP contribution in [0.3, 0.4) is 0 Å². The van der Waals surface area contributed by atoms with Crippen LogP contribution in [-0.4, -0.2) is 42.7 Å². The molecule has 0 aliphatic rings. The number of carbonyl (C=O) groups is 1. The number of ether oxygens (including phenoxy) is 1. The topological polar surface area (TPSA) is 87.0 Å². The molecule has 1 N–H and O–H groups in total. The van der Waals surface area contributed by atoms with Crippen molar-refractivity contribution < 1.29 is 32.4 Å². The molecule has 2 rings (SSSR count). The third-order valence-corrected chi connectivity index (χ3v) is 4.44. The van der Waals surface area contributed by atoms with E-state index >= 15 is 4.39 Å². The smallest absolute Gasteiger partial charge is 0.388 e. The Labute approximate surface area is 184 Å². The lowest BCUT2D eigenvalue weighted by Crippen LogP contribution is -2.19. The minimum Gasteiger partial charge on any atom is -0.416 e. The molecule has 0 aliphatic heterocycles. The van der Waals surface area contributed by atoms with Crippen LogP contribution in [0.2, 0.25) is 10.0 Å². The fraction of sp³-hybridized carbons (Fsp3) is 0.278. The van der Waals surface area contributed by atoms with Crippen molar-refractivity contribution in [1.29, 1.82) is 0 Å². The van der Waals surface area contributed by atoms with Gasteiger partial charge in [0.25, 0.3) is 0 Å². The van der Waals surface area contributed by atoms with Gasteiger partial charge in [-0.05, 0) is 6.07 Å². The van der Waals surface area contributed by atoms with E-state index in [0.717, 1.165) is 4.68 Å². The van der Waals surface area contributed by atoms with Crippen molar-refractivity contribution in [2.24, 2.45) is 12.2 Å². The van der Waals surface area contributed by atoms with Gasteiger partial charge in [0.2, 0.25) is 5.88 Å². The van der Waals surface area contributed by atoms with E-state index in [1.54, 1.807) is 0 Å². The lowest BCUT2D eigenvalue weighted by molar-refractivity contribution is -0.125. The van der Waals surface area contributed by atoms with Gasteiger partial charge < -0.3 is 9.57 Å². The molecule has 2 aromatic rings. The molecule has 1 aromatic carbocycles. The zero-order valence-corrected chi connectivity index (χ0v) is 17.8. The maximum atomic E-state index is 15.3. The van der Waals surface area contributed by atoms with Gasteiger partial charge in [0.05, 0.1) is 12.1 Å². The van der Waals surface area contributed by atoms with Crippen molar-refractivity contribution in [2.75, 3.05) is 14.2 Å². The highest BCUT2D eigenvalue weighted by molar-refractivity contribution is 6.35. The summed E-state index contributed by atoms with van der Waals surface area (Å²) in [4.78, 5) is 20.6. The number of aryl methyl sites for hydroxylation is 1. The predicted molar refractivity (Wildman–Crippen MR) is 106 cm³/mol. The lowest BCUT2D eigenvalue weighted by Gasteiger charge is -2.10. The second-order valence-electron chi connectivity index (χ2n) is 5.61. The van der Waals surface area contributed by atoms with Crippen molar-refractivity contribution in [2.45, 2.75) is 13.0 Å². The van der Waals surface area contributed by atoms with E-state index in [2.05, 4.69) is 36.5 Å². The first kappa shape index (κ1) is 24.3. The molecule has 0 atom stereocenters. The second-order valence-corrected chi connectivity index (χ2v) is 6.36. The number of rotatable bonds is 7. The van der Waals surface area contributed by atoms with E-state index in [-0.39, 0.29) is 38.9 Å². The molecular weight excluding hydrogens is 464 g/mol. The van der Waals surface area contributed by atoms with E-state index < -0.39 is 24.2 Å². The highest BCUT2D eigenvalue weighted by Gasteiger charge is 2.25. The summed E-state index contributed by atoms with van der Waals surface area (Å²) in [6, 6.07) is 1.18. The Morgan fingerprint density at radius 2 is 2.10 bits per heavy atom. The van der Waals surface area contributed by atoms with E-state index in [1.165, 1.54) is 33.5 Å². The number of hydroxylamine groups is 1. The highest BCUT2D eigenvalue weighted by atomic mass is 35.5. The molecule has 0 radical (unpaired) electrons. The Morgan fingerprint density at radius 3 is 2.71 bits per heavy atom. The molecule has 166 valence electrons. The summed E-state index contributed by atoms with van der Waals surface area (Å²) in [6.45, 7) is -3.17. The van der Waals surface area contributed by atoms with Crippen molar-refractivity contribution >= 4 is 35.3 Å². The first-order chi connectivity index (χ1) is 14.7. The third kappa shape index (κ3) is 5.81. The SMILES string of the molecule is CO/N=C/Cc1c(F)c(-c2nn(C)c(OC(F)F)c2Cl)cc(C#CC(=O)NOC)c1Cl. The molecule has 1 heterocycles. The summed E-state index contributed by atoms with van der Waals surface area (Å²) in [5.74, 6) is 2.62. The molecule has 0 saturated carbocycles. The summed E-state index contributed by atoms with van der Waals surface area (Å²) in [6.07, 6.45) is 1.13. The Morgan fingerprint density at radius 1 is 1.39 bits per heavy atom. The van der Waals surface area contributed by atoms with Gasteiger partial charge in [-0.15, -0.1) is 0 Å². The maximum Gasteiger partial charge on any atom is 0.388 e. The van der Waals surface area contributed by atoms with Gasteiger partial charge in [0, 0.05) is 42.3 Å². The van der Waals surface area contributed by atoms with E-state index in [1.807, 2.05) is 5.48 Å². The third-order valence-electron chi connectivity index (χ3n) is 3.67. The zero-order valence-electron chi connectivity index (χ0n) is 16.3. The number of hydrogen-bond acceptors (Lipinski definition) is 6. The van der Waals surface area contributed by atoms with E-state index in [9.17, 15) is 13.6 Å². The molecule has 0 unspecified atom stereocenters. The number of benzene rings is 1. The van der Waals surface area contributed by atoms with Crippen LogP contribution < -0.4 is 10.2 Å². The summed E-state index contributed by atoms with van der Waals surface area (Å²) < 4.78 is 45.9. The quantitative estimate of drug-likeness (QED) is 0.374. The fourth-order valence-electron chi connectivity index (χ4n) is 2.45. The summed E-state index contributed by atoms with van der Waals surface area (Å²) in [5, 5.41) is 7.05. The molecule has 0 saturated heterocycles. The van der Waals surface area contributed by atoms with Gasteiger partial charge in [0.15, 0.2) is 0 Å². The summed E-state index contributed by atoms with van der Waals surface area (Å²) in [5.41, 5.74) is 1.59. The molecule has 0 fully saturated rings. The Bertz CT molecular complexity index is 1060. The van der Waals surface area contributed by atoms with Crippen LogP contribution in [0.25, 0.3) is 11.3 Å². The van der Waals surface area contributed by atoms with Gasteiger partial charge in [-0.3, -0.25) is 9.63 Å². The molecule has 0 bridgehead atoms. The molecule has 8 nitrogen and oxygen atoms in total. The van der Waals surface area contributed by atoms with Crippen LogP contribution in [0.1, 0.15) is 11.1 Å². The van der Waals surface area contributed by atoms with Crippen LogP contribution in [0.15, 0.2) is 11.2 Å². The molecule has 0 spiro atoms. The second kappa shape index (κ2) is 10.9. The first-order valence-electron chi connectivity index (χ1n) is 8.29. The largest absolute Gasteiger partial charge is 0.416 e. The molecule has 31 heavy (non-hydrogen) atoms. The molecular formula is C18H15Cl2F3N4O4. The van der Waals surface area contributed by atoms with Crippen molar-refractivity contribution in [3.63, 3.8) is 0 Å². The van der Waals surface area contributed by atoms with Crippen LogP contribution in [0.5, 0.6) is 5.88 Å². The van der Waals surface area contributed by atoms with E-state index in [4.69, 9.17) is 23.2 Å². The average molecular weight is 479 g/mol. The molecule has 1 amide bonds. The number of nitrogens with one attached hydrogen (secondary N) is 1.